The van der Waals surface area contributed by atoms with Gasteiger partial charge in [0.05, 0.1) is 27.7 Å². The van der Waals surface area contributed by atoms with E-state index in [1.54, 1.807) is 26.2 Å². The summed E-state index contributed by atoms with van der Waals surface area (Å²) in [6, 6.07) is 13.6. The second-order valence-corrected chi connectivity index (χ2v) is 10.2. The minimum atomic E-state index is -3.52. The topological polar surface area (TPSA) is 56.2 Å². The lowest BCUT2D eigenvalue weighted by atomic mass is 9.87. The van der Waals surface area contributed by atoms with Crippen molar-refractivity contribution < 1.29 is 8.42 Å². The maximum absolute atomic E-state index is 12.7. The van der Waals surface area contributed by atoms with Gasteiger partial charge in [0.25, 0.3) is 0 Å². The number of sulfonamides is 1. The van der Waals surface area contributed by atoms with Crippen LogP contribution >= 0.6 is 0 Å². The molecule has 0 unspecified atom stereocenters. The average molecular weight is 413 g/mol. The van der Waals surface area contributed by atoms with Gasteiger partial charge in [-0.2, -0.15) is 0 Å². The van der Waals surface area contributed by atoms with Gasteiger partial charge in [-0.05, 0) is 57.2 Å². The van der Waals surface area contributed by atoms with Crippen LogP contribution in [0.1, 0.15) is 18.4 Å². The smallest absolute Gasteiger partial charge is 0.242 e. The molecular formula is C22H28N4O2S. The fraction of sp³-hybridized carbons (Fsp3) is 0.409. The van der Waals surface area contributed by atoms with Crippen molar-refractivity contribution in [2.45, 2.75) is 17.7 Å². The second-order valence-electron chi connectivity index (χ2n) is 8.09. The number of aliphatic imine (C=N–C) groups is 1. The van der Waals surface area contributed by atoms with Gasteiger partial charge in [-0.25, -0.2) is 12.7 Å². The second kappa shape index (κ2) is 7.55. The Morgan fingerprint density at radius 3 is 2.38 bits per heavy atom. The Labute approximate surface area is 173 Å². The Bertz CT molecular complexity index is 1050. The number of fused-ring (bicyclic) bond motifs is 2. The molecule has 2 aromatic rings. The van der Waals surface area contributed by atoms with Gasteiger partial charge in [0.2, 0.25) is 10.0 Å². The van der Waals surface area contributed by atoms with Crippen LogP contribution in [-0.2, 0) is 10.0 Å². The number of benzene rings is 2. The first-order valence-electron chi connectivity index (χ1n) is 9.96. The largest absolute Gasteiger partial charge is 0.342 e. The van der Waals surface area contributed by atoms with Gasteiger partial charge in [0.15, 0.2) is 0 Å². The lowest BCUT2D eigenvalue weighted by Gasteiger charge is -2.30. The van der Waals surface area contributed by atoms with Crippen molar-refractivity contribution in [3.63, 3.8) is 0 Å². The number of hydrogen-bond acceptors (Lipinski definition) is 5. The van der Waals surface area contributed by atoms with Crippen LogP contribution in [-0.4, -0.2) is 64.6 Å². The predicted octanol–water partition coefficient (Wildman–Crippen LogP) is 3.48. The number of hydrogen-bond donors (Lipinski definition) is 0. The number of anilines is 2. The molecule has 0 atom stereocenters. The van der Waals surface area contributed by atoms with Gasteiger partial charge in [-0.15, -0.1) is 0 Å². The molecule has 154 valence electrons. The molecule has 0 N–H and O–H groups in total. The highest BCUT2D eigenvalue weighted by Crippen LogP contribution is 2.41. The Kier molecular flexibility index (Phi) is 5.23. The minimum Gasteiger partial charge on any atom is -0.342 e. The molecule has 4 rings (SSSR count). The Hall–Kier alpha value is -2.22. The highest BCUT2D eigenvalue weighted by molar-refractivity contribution is 7.89. The third kappa shape index (κ3) is 3.58. The molecular weight excluding hydrogens is 384 g/mol. The lowest BCUT2D eigenvalue weighted by molar-refractivity contribution is 0.252. The molecule has 6 nitrogen and oxygen atoms in total. The summed E-state index contributed by atoms with van der Waals surface area (Å²) in [6.45, 7) is 2.09. The first-order chi connectivity index (χ1) is 13.8. The molecule has 0 aliphatic carbocycles. The molecule has 7 heteroatoms. The Morgan fingerprint density at radius 2 is 1.69 bits per heavy atom. The maximum atomic E-state index is 12.7. The maximum Gasteiger partial charge on any atom is 0.242 e. The summed E-state index contributed by atoms with van der Waals surface area (Å²) >= 11 is 0. The molecule has 0 saturated carbocycles. The summed E-state index contributed by atoms with van der Waals surface area (Å²) in [5.41, 5.74) is 4.93. The number of likely N-dealkylation sites (tertiary alicyclic amines) is 1. The molecule has 0 spiro atoms. The molecule has 29 heavy (non-hydrogen) atoms. The van der Waals surface area contributed by atoms with Gasteiger partial charge < -0.3 is 9.80 Å². The number of para-hydroxylation sites is 1. The van der Waals surface area contributed by atoms with Crippen LogP contribution in [0.5, 0.6) is 0 Å². The Balaban J connectivity index is 1.89. The predicted molar refractivity (Wildman–Crippen MR) is 118 cm³/mol. The molecule has 0 aromatic heterocycles. The average Bonchev–Trinajstić information content (AvgIpc) is 2.83. The van der Waals surface area contributed by atoms with E-state index in [-0.39, 0.29) is 4.90 Å². The van der Waals surface area contributed by atoms with Crippen LogP contribution in [0, 0.1) is 5.92 Å². The lowest BCUT2D eigenvalue weighted by Crippen LogP contribution is -2.34. The number of piperidine rings is 1. The van der Waals surface area contributed by atoms with Crippen LogP contribution in [0.2, 0.25) is 0 Å². The standard InChI is InChI=1S/C22H28N4O2S/c1-24(2)29(27,28)17-9-10-21-19(15-17)23-22(16-11-13-25(3)14-12-16)18-7-5-6-8-20(18)26(21)4/h5-10,15-16H,11-14H2,1-4H3. The van der Waals surface area contributed by atoms with Crippen molar-refractivity contribution in [3.05, 3.63) is 48.0 Å². The fourth-order valence-corrected chi connectivity index (χ4v) is 5.07. The molecule has 0 amide bonds. The summed E-state index contributed by atoms with van der Waals surface area (Å²) < 4.78 is 26.6. The number of nitrogens with zero attached hydrogens (tertiary/aromatic N) is 4. The zero-order chi connectivity index (χ0) is 20.8. The Morgan fingerprint density at radius 1 is 1.00 bits per heavy atom. The summed E-state index contributed by atoms with van der Waals surface area (Å²) in [4.78, 5) is 9.82. The van der Waals surface area contributed by atoms with Crippen LogP contribution in [0.25, 0.3) is 0 Å². The van der Waals surface area contributed by atoms with E-state index in [1.807, 2.05) is 19.2 Å². The SMILES string of the molecule is CN1CCC(C2=Nc3cc(S(=O)(=O)N(C)C)ccc3N(C)c3ccccc32)CC1. The van der Waals surface area contributed by atoms with Crippen molar-refractivity contribution in [1.82, 2.24) is 9.21 Å². The summed E-state index contributed by atoms with van der Waals surface area (Å²) in [5, 5.41) is 0. The third-order valence-electron chi connectivity index (χ3n) is 5.97. The van der Waals surface area contributed by atoms with Crippen molar-refractivity contribution in [3.8, 4) is 0 Å². The van der Waals surface area contributed by atoms with Gasteiger partial charge in [0, 0.05) is 32.6 Å². The van der Waals surface area contributed by atoms with E-state index in [4.69, 9.17) is 4.99 Å². The van der Waals surface area contributed by atoms with Crippen LogP contribution in [0.15, 0.2) is 52.4 Å². The zero-order valence-corrected chi connectivity index (χ0v) is 18.3. The van der Waals surface area contributed by atoms with E-state index in [2.05, 4.69) is 35.0 Å². The van der Waals surface area contributed by atoms with Gasteiger partial charge in [-0.1, -0.05) is 18.2 Å². The first-order valence-corrected chi connectivity index (χ1v) is 11.4. The van der Waals surface area contributed by atoms with Crippen molar-refractivity contribution >= 4 is 32.8 Å². The minimum absolute atomic E-state index is 0.270. The van der Waals surface area contributed by atoms with Gasteiger partial charge >= 0.3 is 0 Å². The van der Waals surface area contributed by atoms with E-state index in [0.717, 1.165) is 48.6 Å². The van der Waals surface area contributed by atoms with Crippen LogP contribution < -0.4 is 4.90 Å². The fourth-order valence-electron chi connectivity index (χ4n) is 4.14. The molecule has 0 radical (unpaired) electrons. The van der Waals surface area contributed by atoms with E-state index in [0.29, 0.717) is 11.6 Å². The summed E-state index contributed by atoms with van der Waals surface area (Å²) in [7, 11) is 3.76. The molecule has 2 aromatic carbocycles. The molecule has 1 fully saturated rings. The molecule has 2 aliphatic heterocycles. The van der Waals surface area contributed by atoms with Crippen molar-refractivity contribution in [2.75, 3.05) is 46.2 Å². The molecule has 0 bridgehead atoms. The van der Waals surface area contributed by atoms with E-state index in [1.165, 1.54) is 4.31 Å². The summed E-state index contributed by atoms with van der Waals surface area (Å²) in [5.74, 6) is 0.362. The third-order valence-corrected chi connectivity index (χ3v) is 7.79. The van der Waals surface area contributed by atoms with Crippen LogP contribution in [0.3, 0.4) is 0 Å². The highest BCUT2D eigenvalue weighted by atomic mass is 32.2. The monoisotopic (exact) mass is 412 g/mol. The van der Waals surface area contributed by atoms with Gasteiger partial charge in [0.1, 0.15) is 0 Å². The molecule has 1 saturated heterocycles. The van der Waals surface area contributed by atoms with E-state index in [9.17, 15) is 8.42 Å². The summed E-state index contributed by atoms with van der Waals surface area (Å²) in [6.07, 6.45) is 2.11. The van der Waals surface area contributed by atoms with Crippen molar-refractivity contribution in [1.29, 1.82) is 0 Å². The van der Waals surface area contributed by atoms with E-state index >= 15 is 0 Å². The van der Waals surface area contributed by atoms with Crippen molar-refractivity contribution in [2.24, 2.45) is 10.9 Å². The molecule has 2 aliphatic rings. The van der Waals surface area contributed by atoms with Crippen LogP contribution in [0.4, 0.5) is 17.1 Å². The quantitative estimate of drug-likeness (QED) is 0.775. The highest BCUT2D eigenvalue weighted by Gasteiger charge is 2.29. The zero-order valence-electron chi connectivity index (χ0n) is 17.5. The first kappa shape index (κ1) is 20.1. The van der Waals surface area contributed by atoms with Gasteiger partial charge in [-0.3, -0.25) is 4.99 Å². The normalized spacial score (nSPS) is 18.2. The van der Waals surface area contributed by atoms with E-state index < -0.39 is 10.0 Å². The number of rotatable bonds is 3. The molecule has 2 heterocycles.